The van der Waals surface area contributed by atoms with E-state index in [-0.39, 0.29) is 18.9 Å². The maximum atomic E-state index is 12.1. The molecule has 0 aliphatic rings. The molecule has 0 aromatic heterocycles. The quantitative estimate of drug-likeness (QED) is 0.525. The molecule has 146 valence electrons. The fraction of sp³-hybridized carbons (Fsp3) is 0.190. The lowest BCUT2D eigenvalue weighted by atomic mass is 10.2. The molecule has 2 aromatic carbocycles. The molecule has 7 heteroatoms. The number of hydrogen-bond acceptors (Lipinski definition) is 4. The second-order valence-electron chi connectivity index (χ2n) is 5.89. The van der Waals surface area contributed by atoms with Crippen LogP contribution in [0.5, 0.6) is 0 Å². The van der Waals surface area contributed by atoms with Gasteiger partial charge < -0.3 is 15.4 Å². The molecule has 2 N–H and O–H groups in total. The molecule has 0 radical (unpaired) electrons. The van der Waals surface area contributed by atoms with E-state index in [1.54, 1.807) is 30.3 Å². The highest BCUT2D eigenvalue weighted by atomic mass is 35.5. The number of rotatable bonds is 8. The molecule has 2 amide bonds. The predicted molar refractivity (Wildman–Crippen MR) is 109 cm³/mol. The van der Waals surface area contributed by atoms with Gasteiger partial charge in [0.1, 0.15) is 0 Å². The molecule has 0 aliphatic carbocycles. The van der Waals surface area contributed by atoms with Crippen molar-refractivity contribution in [2.75, 3.05) is 11.9 Å². The first-order valence-electron chi connectivity index (χ1n) is 8.71. The Morgan fingerprint density at radius 2 is 1.75 bits per heavy atom. The van der Waals surface area contributed by atoms with Crippen molar-refractivity contribution in [2.24, 2.45) is 0 Å². The van der Waals surface area contributed by atoms with E-state index in [1.165, 1.54) is 13.0 Å². The third kappa shape index (κ3) is 7.25. The van der Waals surface area contributed by atoms with E-state index in [0.717, 1.165) is 5.56 Å². The van der Waals surface area contributed by atoms with Crippen LogP contribution in [0.3, 0.4) is 0 Å². The zero-order valence-electron chi connectivity index (χ0n) is 15.4. The second-order valence-corrected chi connectivity index (χ2v) is 6.29. The van der Waals surface area contributed by atoms with Gasteiger partial charge in [0.25, 0.3) is 5.91 Å². The van der Waals surface area contributed by atoms with Crippen LogP contribution in [-0.2, 0) is 19.1 Å². The van der Waals surface area contributed by atoms with Crippen LogP contribution in [0.2, 0.25) is 5.02 Å². The highest BCUT2D eigenvalue weighted by Gasteiger charge is 2.18. The number of nitrogens with one attached hydrogen (secondary N) is 2. The first-order valence-corrected chi connectivity index (χ1v) is 9.09. The molecule has 0 aliphatic heterocycles. The third-order valence-electron chi connectivity index (χ3n) is 3.66. The smallest absolute Gasteiger partial charge is 0.308 e. The summed E-state index contributed by atoms with van der Waals surface area (Å²) in [4.78, 5) is 35.7. The third-order valence-corrected chi connectivity index (χ3v) is 3.99. The molecule has 6 nitrogen and oxygen atoms in total. The summed E-state index contributed by atoms with van der Waals surface area (Å²) in [7, 11) is 0. The fourth-order valence-electron chi connectivity index (χ4n) is 2.19. The van der Waals surface area contributed by atoms with Gasteiger partial charge in [0, 0.05) is 12.6 Å². The minimum Gasteiger partial charge on any atom is -0.452 e. The van der Waals surface area contributed by atoms with Gasteiger partial charge in [-0.15, -0.1) is 0 Å². The van der Waals surface area contributed by atoms with Gasteiger partial charge >= 0.3 is 5.97 Å². The zero-order chi connectivity index (χ0) is 20.4. The number of ether oxygens (including phenoxy) is 1. The fourth-order valence-corrected chi connectivity index (χ4v) is 2.37. The summed E-state index contributed by atoms with van der Waals surface area (Å²) in [5, 5.41) is 5.57. The van der Waals surface area contributed by atoms with Crippen LogP contribution in [0.1, 0.15) is 18.9 Å². The van der Waals surface area contributed by atoms with Gasteiger partial charge in [0.15, 0.2) is 6.10 Å². The lowest BCUT2D eigenvalue weighted by molar-refractivity contribution is -0.153. The van der Waals surface area contributed by atoms with Crippen LogP contribution in [-0.4, -0.2) is 30.4 Å². The highest BCUT2D eigenvalue weighted by Crippen LogP contribution is 2.20. The molecule has 0 saturated carbocycles. The van der Waals surface area contributed by atoms with E-state index >= 15 is 0 Å². The van der Waals surface area contributed by atoms with Gasteiger partial charge in [-0.2, -0.15) is 0 Å². The SMILES string of the molecule is C[C@@H](OC(=O)CCNC(=O)/C=C/c1ccccc1)C(=O)Nc1ccccc1Cl. The molecule has 0 unspecified atom stereocenters. The molecule has 28 heavy (non-hydrogen) atoms. The number of halogens is 1. The molecular formula is C21H21ClN2O4. The number of carbonyl (C=O) groups excluding carboxylic acids is 3. The van der Waals surface area contributed by atoms with Crippen molar-refractivity contribution in [3.8, 4) is 0 Å². The van der Waals surface area contributed by atoms with Gasteiger partial charge in [-0.3, -0.25) is 14.4 Å². The number of benzene rings is 2. The Morgan fingerprint density at radius 3 is 2.46 bits per heavy atom. The Labute approximate surface area is 168 Å². The minimum atomic E-state index is -0.988. The second kappa shape index (κ2) is 10.9. The van der Waals surface area contributed by atoms with E-state index in [0.29, 0.717) is 10.7 Å². The maximum absolute atomic E-state index is 12.1. The number of anilines is 1. The van der Waals surface area contributed by atoms with E-state index < -0.39 is 18.0 Å². The topological polar surface area (TPSA) is 84.5 Å². The Bertz CT molecular complexity index is 852. The molecule has 0 bridgehead atoms. The summed E-state index contributed by atoms with van der Waals surface area (Å²) >= 11 is 5.97. The first-order chi connectivity index (χ1) is 13.5. The minimum absolute atomic E-state index is 0.0470. The number of para-hydroxylation sites is 1. The molecule has 2 rings (SSSR count). The summed E-state index contributed by atoms with van der Waals surface area (Å²) in [5.74, 6) is -1.40. The van der Waals surface area contributed by atoms with E-state index in [4.69, 9.17) is 16.3 Å². The van der Waals surface area contributed by atoms with Gasteiger partial charge in [0.2, 0.25) is 5.91 Å². The number of carbonyl (C=O) groups is 3. The van der Waals surface area contributed by atoms with Crippen molar-refractivity contribution in [2.45, 2.75) is 19.4 Å². The van der Waals surface area contributed by atoms with Crippen LogP contribution in [0.15, 0.2) is 60.7 Å². The van der Waals surface area contributed by atoms with Crippen molar-refractivity contribution < 1.29 is 19.1 Å². The molecule has 0 saturated heterocycles. The van der Waals surface area contributed by atoms with Crippen molar-refractivity contribution in [1.29, 1.82) is 0 Å². The summed E-state index contributed by atoms with van der Waals surface area (Å²) in [6.07, 6.45) is 2.03. The summed E-state index contributed by atoms with van der Waals surface area (Å²) in [6, 6.07) is 16.1. The van der Waals surface area contributed by atoms with Crippen molar-refractivity contribution in [3.63, 3.8) is 0 Å². The largest absolute Gasteiger partial charge is 0.452 e. The van der Waals surface area contributed by atoms with Crippen LogP contribution in [0.4, 0.5) is 5.69 Å². The Hall–Kier alpha value is -3.12. The molecule has 0 heterocycles. The average molecular weight is 401 g/mol. The van der Waals surface area contributed by atoms with Crippen molar-refractivity contribution in [1.82, 2.24) is 5.32 Å². The van der Waals surface area contributed by atoms with Crippen LogP contribution in [0.25, 0.3) is 6.08 Å². The Morgan fingerprint density at radius 1 is 1.07 bits per heavy atom. The number of amides is 2. The van der Waals surface area contributed by atoms with Crippen LogP contribution in [0, 0.1) is 0 Å². The standard InChI is InChI=1S/C21H21ClN2O4/c1-15(21(27)24-18-10-6-5-9-17(18)22)28-20(26)13-14-23-19(25)12-11-16-7-3-2-4-8-16/h2-12,15H,13-14H2,1H3,(H,23,25)(H,24,27)/b12-11+/t15-/m1/s1. The van der Waals surface area contributed by atoms with Crippen molar-refractivity contribution in [3.05, 3.63) is 71.3 Å². The van der Waals surface area contributed by atoms with E-state index in [9.17, 15) is 14.4 Å². The predicted octanol–water partition coefficient (Wildman–Crippen LogP) is 3.43. The summed E-state index contributed by atoms with van der Waals surface area (Å²) in [6.45, 7) is 1.57. The van der Waals surface area contributed by atoms with E-state index in [1.807, 2.05) is 30.3 Å². The number of esters is 1. The Kier molecular flexibility index (Phi) is 8.24. The van der Waals surface area contributed by atoms with Crippen LogP contribution < -0.4 is 10.6 Å². The van der Waals surface area contributed by atoms with Gasteiger partial charge in [0.05, 0.1) is 17.1 Å². The highest BCUT2D eigenvalue weighted by molar-refractivity contribution is 6.33. The monoisotopic (exact) mass is 400 g/mol. The van der Waals surface area contributed by atoms with Crippen molar-refractivity contribution >= 4 is 41.1 Å². The van der Waals surface area contributed by atoms with Crippen LogP contribution >= 0.6 is 11.6 Å². The average Bonchev–Trinajstić information content (AvgIpc) is 2.69. The molecule has 0 spiro atoms. The summed E-state index contributed by atoms with van der Waals surface area (Å²) in [5.41, 5.74) is 1.34. The molecule has 0 fully saturated rings. The lowest BCUT2D eigenvalue weighted by Gasteiger charge is -2.14. The van der Waals surface area contributed by atoms with Gasteiger partial charge in [-0.25, -0.2) is 0 Å². The van der Waals surface area contributed by atoms with E-state index in [2.05, 4.69) is 10.6 Å². The van der Waals surface area contributed by atoms with Gasteiger partial charge in [-0.05, 0) is 30.7 Å². The Balaban J connectivity index is 1.70. The number of hydrogen-bond donors (Lipinski definition) is 2. The lowest BCUT2D eigenvalue weighted by Crippen LogP contribution is -2.31. The molecular weight excluding hydrogens is 380 g/mol. The normalized spacial score (nSPS) is 11.6. The van der Waals surface area contributed by atoms with Gasteiger partial charge in [-0.1, -0.05) is 54.1 Å². The molecule has 1 atom stereocenters. The first kappa shape index (κ1) is 21.2. The molecule has 2 aromatic rings. The summed E-state index contributed by atoms with van der Waals surface area (Å²) < 4.78 is 5.07. The maximum Gasteiger partial charge on any atom is 0.308 e. The zero-order valence-corrected chi connectivity index (χ0v) is 16.1.